The van der Waals surface area contributed by atoms with Crippen molar-refractivity contribution in [3.05, 3.63) is 0 Å². The summed E-state index contributed by atoms with van der Waals surface area (Å²) in [5.74, 6) is -0.864. The molecule has 0 amide bonds. The van der Waals surface area contributed by atoms with E-state index in [9.17, 15) is 4.79 Å². The zero-order valence-electron chi connectivity index (χ0n) is 19.9. The van der Waals surface area contributed by atoms with Crippen molar-refractivity contribution in [2.24, 2.45) is 0 Å². The van der Waals surface area contributed by atoms with E-state index in [-0.39, 0.29) is 13.0 Å². The molecule has 0 bridgehead atoms. The standard InChI is InChI=1S/C22H45NO9/c1-2-26-9-5-3-4-7-23-8-11-28-13-15-30-17-19-32-21-20-31-18-16-29-14-12-27-10-6-22(24)25/h23H,2-21H2,1H3,(H,24,25). The Kier molecular flexibility index (Phi) is 27.4. The van der Waals surface area contributed by atoms with E-state index in [1.54, 1.807) is 0 Å². The van der Waals surface area contributed by atoms with Gasteiger partial charge in [0.15, 0.2) is 0 Å². The first-order valence-electron chi connectivity index (χ1n) is 11.7. The second-order valence-electron chi connectivity index (χ2n) is 6.83. The van der Waals surface area contributed by atoms with Gasteiger partial charge < -0.3 is 43.6 Å². The van der Waals surface area contributed by atoms with Gasteiger partial charge in [0.05, 0.1) is 85.7 Å². The molecule has 32 heavy (non-hydrogen) atoms. The van der Waals surface area contributed by atoms with E-state index in [1.807, 2.05) is 6.92 Å². The Morgan fingerprint density at radius 2 is 1.03 bits per heavy atom. The summed E-state index contributed by atoms with van der Waals surface area (Å²) in [5.41, 5.74) is 0. The minimum Gasteiger partial charge on any atom is -0.481 e. The van der Waals surface area contributed by atoms with Gasteiger partial charge in [-0.15, -0.1) is 0 Å². The van der Waals surface area contributed by atoms with E-state index in [1.165, 1.54) is 12.8 Å². The van der Waals surface area contributed by atoms with Gasteiger partial charge in [-0.05, 0) is 32.7 Å². The summed E-state index contributed by atoms with van der Waals surface area (Å²) in [6.07, 6.45) is 3.50. The second kappa shape index (κ2) is 28.2. The molecular formula is C22H45NO9. The summed E-state index contributed by atoms with van der Waals surface area (Å²) in [5, 5.41) is 11.8. The van der Waals surface area contributed by atoms with Crippen LogP contribution in [-0.4, -0.2) is 117 Å². The van der Waals surface area contributed by atoms with Gasteiger partial charge in [0.2, 0.25) is 0 Å². The Morgan fingerprint density at radius 3 is 1.50 bits per heavy atom. The number of nitrogens with one attached hydrogen (secondary N) is 1. The molecular weight excluding hydrogens is 422 g/mol. The van der Waals surface area contributed by atoms with Crippen LogP contribution in [0, 0.1) is 0 Å². The van der Waals surface area contributed by atoms with Crippen LogP contribution in [0.4, 0.5) is 0 Å². The van der Waals surface area contributed by atoms with Crippen molar-refractivity contribution < 1.29 is 43.1 Å². The topological polar surface area (TPSA) is 114 Å². The lowest BCUT2D eigenvalue weighted by molar-refractivity contribution is -0.138. The predicted molar refractivity (Wildman–Crippen MR) is 120 cm³/mol. The van der Waals surface area contributed by atoms with Crippen molar-refractivity contribution in [1.82, 2.24) is 5.32 Å². The van der Waals surface area contributed by atoms with Gasteiger partial charge in [0.25, 0.3) is 0 Å². The number of unbranched alkanes of at least 4 members (excludes halogenated alkanes) is 2. The van der Waals surface area contributed by atoms with Crippen molar-refractivity contribution >= 4 is 5.97 Å². The third kappa shape index (κ3) is 29.1. The number of ether oxygens (including phenoxy) is 7. The lowest BCUT2D eigenvalue weighted by Crippen LogP contribution is -2.22. The SMILES string of the molecule is CCOCCCCCNCCOCCOCCOCCOCCOCCOCCC(=O)O. The Bertz CT molecular complexity index is 375. The van der Waals surface area contributed by atoms with E-state index >= 15 is 0 Å². The van der Waals surface area contributed by atoms with Gasteiger partial charge in [-0.3, -0.25) is 4.79 Å². The fraction of sp³-hybridized carbons (Fsp3) is 0.955. The fourth-order valence-electron chi connectivity index (χ4n) is 2.41. The molecule has 0 aromatic heterocycles. The maximum atomic E-state index is 10.3. The number of carbonyl (C=O) groups is 1. The number of hydrogen-bond donors (Lipinski definition) is 2. The van der Waals surface area contributed by atoms with Crippen LogP contribution < -0.4 is 5.32 Å². The Balaban J connectivity index is 3.00. The molecule has 2 N–H and O–H groups in total. The molecule has 0 saturated heterocycles. The minimum atomic E-state index is -0.864. The van der Waals surface area contributed by atoms with E-state index < -0.39 is 5.97 Å². The van der Waals surface area contributed by atoms with Crippen LogP contribution in [0.1, 0.15) is 32.6 Å². The number of hydrogen-bond acceptors (Lipinski definition) is 9. The van der Waals surface area contributed by atoms with Gasteiger partial charge in [0, 0.05) is 19.8 Å². The van der Waals surface area contributed by atoms with Crippen molar-refractivity contribution in [2.45, 2.75) is 32.6 Å². The Labute approximate surface area is 193 Å². The van der Waals surface area contributed by atoms with Crippen LogP contribution >= 0.6 is 0 Å². The Morgan fingerprint density at radius 1 is 0.562 bits per heavy atom. The highest BCUT2D eigenvalue weighted by molar-refractivity contribution is 5.66. The lowest BCUT2D eigenvalue weighted by atomic mass is 10.2. The van der Waals surface area contributed by atoms with Crippen LogP contribution in [-0.2, 0) is 38.0 Å². The third-order valence-electron chi connectivity index (χ3n) is 4.09. The number of carboxylic acids is 1. The van der Waals surface area contributed by atoms with E-state index in [4.69, 9.17) is 38.3 Å². The summed E-state index contributed by atoms with van der Waals surface area (Å²) < 4.78 is 37.5. The first-order valence-corrected chi connectivity index (χ1v) is 11.7. The summed E-state index contributed by atoms with van der Waals surface area (Å²) in [4.78, 5) is 10.3. The van der Waals surface area contributed by atoms with E-state index in [2.05, 4.69) is 5.32 Å². The zero-order chi connectivity index (χ0) is 23.4. The van der Waals surface area contributed by atoms with Gasteiger partial charge in [-0.1, -0.05) is 0 Å². The first-order chi connectivity index (χ1) is 15.8. The van der Waals surface area contributed by atoms with E-state index in [0.29, 0.717) is 72.7 Å². The molecule has 0 aliphatic rings. The molecule has 0 aromatic rings. The van der Waals surface area contributed by atoms with Crippen LogP contribution in [0.25, 0.3) is 0 Å². The van der Waals surface area contributed by atoms with Gasteiger partial charge in [-0.2, -0.15) is 0 Å². The molecule has 0 aliphatic heterocycles. The quantitative estimate of drug-likeness (QED) is 0.163. The maximum Gasteiger partial charge on any atom is 0.305 e. The molecule has 10 nitrogen and oxygen atoms in total. The Hall–Kier alpha value is -0.850. The molecule has 0 aromatic carbocycles. The zero-order valence-corrected chi connectivity index (χ0v) is 19.9. The van der Waals surface area contributed by atoms with Crippen LogP contribution in [0.5, 0.6) is 0 Å². The van der Waals surface area contributed by atoms with Crippen LogP contribution in [0.2, 0.25) is 0 Å². The second-order valence-corrected chi connectivity index (χ2v) is 6.83. The number of carboxylic acid groups (broad SMARTS) is 1. The van der Waals surface area contributed by atoms with Gasteiger partial charge >= 0.3 is 5.97 Å². The molecule has 0 fully saturated rings. The lowest BCUT2D eigenvalue weighted by Gasteiger charge is -2.08. The summed E-state index contributed by atoms with van der Waals surface area (Å²) in [7, 11) is 0. The molecule has 0 aliphatic carbocycles. The normalized spacial score (nSPS) is 11.3. The van der Waals surface area contributed by atoms with Crippen molar-refractivity contribution in [3.8, 4) is 0 Å². The first kappa shape index (κ1) is 31.1. The minimum absolute atomic E-state index is 0.0102. The molecule has 0 heterocycles. The van der Waals surface area contributed by atoms with E-state index in [0.717, 1.165) is 32.7 Å². The fourth-order valence-corrected chi connectivity index (χ4v) is 2.41. The third-order valence-corrected chi connectivity index (χ3v) is 4.09. The highest BCUT2D eigenvalue weighted by atomic mass is 16.6. The molecule has 0 saturated carbocycles. The summed E-state index contributed by atoms with van der Waals surface area (Å²) in [6.45, 7) is 11.4. The average molecular weight is 468 g/mol. The van der Waals surface area contributed by atoms with Crippen molar-refractivity contribution in [2.75, 3.05) is 106 Å². The van der Waals surface area contributed by atoms with Gasteiger partial charge in [0.1, 0.15) is 0 Å². The molecule has 0 spiro atoms. The number of aliphatic carboxylic acids is 1. The molecule has 0 unspecified atom stereocenters. The van der Waals surface area contributed by atoms with Crippen molar-refractivity contribution in [3.63, 3.8) is 0 Å². The maximum absolute atomic E-state index is 10.3. The average Bonchev–Trinajstić information content (AvgIpc) is 2.78. The highest BCUT2D eigenvalue weighted by Gasteiger charge is 1.97. The summed E-state index contributed by atoms with van der Waals surface area (Å²) >= 11 is 0. The molecule has 10 heteroatoms. The van der Waals surface area contributed by atoms with Gasteiger partial charge in [-0.25, -0.2) is 0 Å². The predicted octanol–water partition coefficient (Wildman–Crippen LogP) is 1.36. The van der Waals surface area contributed by atoms with Crippen LogP contribution in [0.3, 0.4) is 0 Å². The molecule has 192 valence electrons. The van der Waals surface area contributed by atoms with Crippen LogP contribution in [0.15, 0.2) is 0 Å². The highest BCUT2D eigenvalue weighted by Crippen LogP contribution is 1.94. The molecule has 0 rings (SSSR count). The monoisotopic (exact) mass is 467 g/mol. The summed E-state index contributed by atoms with van der Waals surface area (Å²) in [6, 6.07) is 0. The smallest absolute Gasteiger partial charge is 0.305 e. The number of rotatable bonds is 28. The molecule has 0 atom stereocenters. The largest absolute Gasteiger partial charge is 0.481 e. The molecule has 0 radical (unpaired) electrons. The van der Waals surface area contributed by atoms with Crippen molar-refractivity contribution in [1.29, 1.82) is 0 Å².